The van der Waals surface area contributed by atoms with Crippen LogP contribution in [0.15, 0.2) is 0 Å². The Kier molecular flexibility index (Phi) is 3.03. The predicted octanol–water partition coefficient (Wildman–Crippen LogP) is 0.681. The van der Waals surface area contributed by atoms with Crippen LogP contribution in [0.1, 0.15) is 27.7 Å². The van der Waals surface area contributed by atoms with Gasteiger partial charge >= 0.3 is 0 Å². The molecule has 0 bridgehead atoms. The molecular weight excluding hydrogens is 192 g/mol. The van der Waals surface area contributed by atoms with Crippen LogP contribution in [-0.2, 0) is 9.47 Å². The summed E-state index contributed by atoms with van der Waals surface area (Å²) < 4.78 is 11.5. The zero-order valence-corrected chi connectivity index (χ0v) is 10.0. The molecule has 4 nitrogen and oxygen atoms in total. The molecule has 2 fully saturated rings. The van der Waals surface area contributed by atoms with E-state index in [1.807, 2.05) is 6.92 Å². The maximum atomic E-state index is 5.80. The van der Waals surface area contributed by atoms with E-state index in [1.165, 1.54) is 0 Å². The fourth-order valence-electron chi connectivity index (χ4n) is 2.08. The van der Waals surface area contributed by atoms with E-state index in [4.69, 9.17) is 9.47 Å². The summed E-state index contributed by atoms with van der Waals surface area (Å²) in [5, 5.41) is 6.92. The van der Waals surface area contributed by atoms with Crippen molar-refractivity contribution in [2.75, 3.05) is 13.2 Å². The third-order valence-electron chi connectivity index (χ3n) is 2.98. The van der Waals surface area contributed by atoms with Crippen LogP contribution in [0.5, 0.6) is 0 Å². The molecule has 0 spiro atoms. The van der Waals surface area contributed by atoms with Gasteiger partial charge in [-0.1, -0.05) is 20.8 Å². The van der Waals surface area contributed by atoms with Crippen LogP contribution >= 0.6 is 0 Å². The fourth-order valence-corrected chi connectivity index (χ4v) is 2.08. The minimum atomic E-state index is 0.0478. The highest BCUT2D eigenvalue weighted by Crippen LogP contribution is 2.23. The van der Waals surface area contributed by atoms with Crippen LogP contribution in [0.25, 0.3) is 0 Å². The molecule has 4 atom stereocenters. The Bertz CT molecular complexity index is 227. The molecule has 0 aromatic carbocycles. The van der Waals surface area contributed by atoms with Crippen molar-refractivity contribution < 1.29 is 9.47 Å². The van der Waals surface area contributed by atoms with Crippen LogP contribution in [-0.4, -0.2) is 37.8 Å². The molecule has 2 heterocycles. The maximum absolute atomic E-state index is 5.80. The van der Waals surface area contributed by atoms with Gasteiger partial charge in [0.25, 0.3) is 0 Å². The van der Waals surface area contributed by atoms with Crippen LogP contribution < -0.4 is 10.6 Å². The number of fused-ring (bicyclic) bond motifs is 1. The third-order valence-corrected chi connectivity index (χ3v) is 2.98. The molecule has 0 aromatic heterocycles. The fraction of sp³-hybridized carbons (Fsp3) is 1.00. The van der Waals surface area contributed by atoms with Gasteiger partial charge in [-0.05, 0) is 12.3 Å². The monoisotopic (exact) mass is 214 g/mol. The molecule has 2 rings (SSSR count). The van der Waals surface area contributed by atoms with Crippen LogP contribution in [0.4, 0.5) is 0 Å². The minimum Gasteiger partial charge on any atom is -0.367 e. The van der Waals surface area contributed by atoms with Crippen molar-refractivity contribution in [1.82, 2.24) is 10.6 Å². The van der Waals surface area contributed by atoms with Gasteiger partial charge in [0.1, 0.15) is 12.3 Å². The lowest BCUT2D eigenvalue weighted by Gasteiger charge is -2.46. The molecule has 4 heteroatoms. The van der Waals surface area contributed by atoms with Gasteiger partial charge in [0.2, 0.25) is 0 Å². The summed E-state index contributed by atoms with van der Waals surface area (Å²) in [6.45, 7) is 10.2. The van der Waals surface area contributed by atoms with E-state index >= 15 is 0 Å². The Morgan fingerprint density at radius 1 is 1.27 bits per heavy atom. The van der Waals surface area contributed by atoms with Gasteiger partial charge in [-0.25, -0.2) is 0 Å². The first kappa shape index (κ1) is 11.3. The standard InChI is InChI=1S/C11H22N2O2/c1-7-6-14-9-8(15-7)5-12-10(13-9)11(2,3)4/h7-10,12-13H,5-6H2,1-4H3/t7-,8?,9?,10?/m1/s1. The van der Waals surface area contributed by atoms with Crippen molar-refractivity contribution in [3.63, 3.8) is 0 Å². The number of hydrogen-bond donors (Lipinski definition) is 2. The largest absolute Gasteiger partial charge is 0.367 e. The van der Waals surface area contributed by atoms with Gasteiger partial charge in [0.05, 0.1) is 18.9 Å². The zero-order valence-electron chi connectivity index (χ0n) is 10.0. The summed E-state index contributed by atoms with van der Waals surface area (Å²) in [5.41, 5.74) is 0.192. The third kappa shape index (κ3) is 2.50. The number of hydrogen-bond acceptors (Lipinski definition) is 4. The van der Waals surface area contributed by atoms with E-state index in [0.717, 1.165) is 6.54 Å². The van der Waals surface area contributed by atoms with Gasteiger partial charge in [0.15, 0.2) is 0 Å². The summed E-state index contributed by atoms with van der Waals surface area (Å²) in [4.78, 5) is 0. The highest BCUT2D eigenvalue weighted by atomic mass is 16.6. The van der Waals surface area contributed by atoms with Crippen LogP contribution in [0.2, 0.25) is 0 Å². The molecule has 2 aliphatic rings. The van der Waals surface area contributed by atoms with Gasteiger partial charge in [0, 0.05) is 6.54 Å². The Balaban J connectivity index is 1.95. The van der Waals surface area contributed by atoms with E-state index < -0.39 is 0 Å². The lowest BCUT2D eigenvalue weighted by atomic mass is 9.90. The zero-order chi connectivity index (χ0) is 11.1. The molecule has 88 valence electrons. The number of ether oxygens (including phenoxy) is 2. The second-order valence-corrected chi connectivity index (χ2v) is 5.61. The summed E-state index contributed by atoms with van der Waals surface area (Å²) in [6, 6.07) is 0. The van der Waals surface area contributed by atoms with Gasteiger partial charge in [-0.3, -0.25) is 10.6 Å². The van der Waals surface area contributed by atoms with E-state index in [0.29, 0.717) is 6.61 Å². The Morgan fingerprint density at radius 2 is 2.00 bits per heavy atom. The lowest BCUT2D eigenvalue weighted by molar-refractivity contribution is -0.201. The second-order valence-electron chi connectivity index (χ2n) is 5.61. The normalized spacial score (nSPS) is 42.4. The molecule has 2 N–H and O–H groups in total. The second kappa shape index (κ2) is 4.01. The quantitative estimate of drug-likeness (QED) is 0.622. The Hall–Kier alpha value is -0.160. The first-order valence-electron chi connectivity index (χ1n) is 5.73. The average molecular weight is 214 g/mol. The SMILES string of the molecule is C[C@@H]1COC2NC(C(C)(C)C)NCC2O1. The van der Waals surface area contributed by atoms with Gasteiger partial charge in [-0.15, -0.1) is 0 Å². The Labute approximate surface area is 91.7 Å². The summed E-state index contributed by atoms with van der Waals surface area (Å²) in [5.74, 6) is 0. The van der Waals surface area contributed by atoms with Crippen LogP contribution in [0, 0.1) is 5.41 Å². The van der Waals surface area contributed by atoms with Crippen molar-refractivity contribution in [3.05, 3.63) is 0 Å². The van der Waals surface area contributed by atoms with E-state index in [2.05, 4.69) is 31.4 Å². The highest BCUT2D eigenvalue weighted by molar-refractivity contribution is 4.90. The van der Waals surface area contributed by atoms with Crippen molar-refractivity contribution in [2.24, 2.45) is 5.41 Å². The smallest absolute Gasteiger partial charge is 0.137 e. The van der Waals surface area contributed by atoms with Gasteiger partial charge in [-0.2, -0.15) is 0 Å². The lowest BCUT2D eigenvalue weighted by Crippen LogP contribution is -2.68. The topological polar surface area (TPSA) is 42.5 Å². The average Bonchev–Trinajstić information content (AvgIpc) is 2.15. The summed E-state index contributed by atoms with van der Waals surface area (Å²) in [7, 11) is 0. The molecular formula is C11H22N2O2. The molecule has 0 aromatic rings. The van der Waals surface area contributed by atoms with E-state index in [9.17, 15) is 0 Å². The minimum absolute atomic E-state index is 0.0478. The molecule has 0 amide bonds. The first-order chi connectivity index (χ1) is 6.97. The van der Waals surface area contributed by atoms with Crippen LogP contribution in [0.3, 0.4) is 0 Å². The van der Waals surface area contributed by atoms with E-state index in [-0.39, 0.29) is 30.0 Å². The van der Waals surface area contributed by atoms with Crippen molar-refractivity contribution in [3.8, 4) is 0 Å². The molecule has 0 aliphatic carbocycles. The molecule has 2 saturated heterocycles. The highest BCUT2D eigenvalue weighted by Gasteiger charge is 2.39. The van der Waals surface area contributed by atoms with E-state index in [1.54, 1.807) is 0 Å². The molecule has 3 unspecified atom stereocenters. The summed E-state index contributed by atoms with van der Waals surface area (Å²) >= 11 is 0. The van der Waals surface area contributed by atoms with Crippen molar-refractivity contribution >= 4 is 0 Å². The molecule has 15 heavy (non-hydrogen) atoms. The van der Waals surface area contributed by atoms with Crippen molar-refractivity contribution in [1.29, 1.82) is 0 Å². The summed E-state index contributed by atoms with van der Waals surface area (Å²) in [6.07, 6.45) is 0.691. The number of rotatable bonds is 0. The number of nitrogens with one attached hydrogen (secondary N) is 2. The maximum Gasteiger partial charge on any atom is 0.137 e. The predicted molar refractivity (Wildman–Crippen MR) is 58.5 cm³/mol. The molecule has 2 aliphatic heterocycles. The van der Waals surface area contributed by atoms with Crippen molar-refractivity contribution in [2.45, 2.75) is 52.3 Å². The Morgan fingerprint density at radius 3 is 2.67 bits per heavy atom. The first-order valence-corrected chi connectivity index (χ1v) is 5.73. The molecule has 0 saturated carbocycles. The molecule has 0 radical (unpaired) electrons. The van der Waals surface area contributed by atoms with Gasteiger partial charge < -0.3 is 9.47 Å².